The highest BCUT2D eigenvalue weighted by molar-refractivity contribution is 8.93. The summed E-state index contributed by atoms with van der Waals surface area (Å²) in [5.41, 5.74) is 6.71. The van der Waals surface area contributed by atoms with Gasteiger partial charge in [0.2, 0.25) is 0 Å². The van der Waals surface area contributed by atoms with Crippen LogP contribution in [0.3, 0.4) is 0 Å². The molecule has 0 radical (unpaired) electrons. The van der Waals surface area contributed by atoms with Crippen molar-refractivity contribution < 1.29 is 0 Å². The lowest BCUT2D eigenvalue weighted by atomic mass is 10.1. The summed E-state index contributed by atoms with van der Waals surface area (Å²) in [7, 11) is 0. The van der Waals surface area contributed by atoms with E-state index in [1.165, 1.54) is 22.1 Å². The SMILES string of the molecule is Br.Br.Nc1nc2c(ccc3ccccc32)s1. The molecule has 0 amide bonds. The first kappa shape index (κ1) is 13.4. The molecule has 2 N–H and O–H groups in total. The van der Waals surface area contributed by atoms with Crippen molar-refractivity contribution in [2.75, 3.05) is 5.73 Å². The first-order valence-electron chi connectivity index (χ1n) is 4.38. The van der Waals surface area contributed by atoms with Crippen LogP contribution >= 0.6 is 45.3 Å². The number of nitrogens with two attached hydrogens (primary N) is 1. The fourth-order valence-electron chi connectivity index (χ4n) is 1.68. The molecular formula is C11H10Br2N2S. The number of fused-ring (bicyclic) bond motifs is 3. The van der Waals surface area contributed by atoms with E-state index in [1.54, 1.807) is 0 Å². The Balaban J connectivity index is 0.000000640. The molecule has 2 aromatic carbocycles. The van der Waals surface area contributed by atoms with Crippen molar-refractivity contribution in [3.05, 3.63) is 36.4 Å². The van der Waals surface area contributed by atoms with Crippen LogP contribution in [-0.2, 0) is 0 Å². The standard InChI is InChI=1S/C11H8N2S.2BrH/c12-11-13-10-8-4-2-1-3-7(8)5-6-9(10)14-11;;/h1-6H,(H2,12,13);2*1H. The van der Waals surface area contributed by atoms with Gasteiger partial charge in [-0.1, -0.05) is 41.7 Å². The van der Waals surface area contributed by atoms with Gasteiger partial charge in [-0.25, -0.2) is 4.98 Å². The van der Waals surface area contributed by atoms with Crippen molar-refractivity contribution in [3.8, 4) is 0 Å². The minimum Gasteiger partial charge on any atom is -0.375 e. The maximum atomic E-state index is 5.69. The van der Waals surface area contributed by atoms with E-state index in [0.29, 0.717) is 5.13 Å². The average Bonchev–Trinajstić information content (AvgIpc) is 2.59. The third kappa shape index (κ3) is 2.07. The zero-order valence-electron chi connectivity index (χ0n) is 8.21. The lowest BCUT2D eigenvalue weighted by Crippen LogP contribution is -1.80. The largest absolute Gasteiger partial charge is 0.375 e. The van der Waals surface area contributed by atoms with Gasteiger partial charge in [0, 0.05) is 5.39 Å². The number of rotatable bonds is 0. The van der Waals surface area contributed by atoms with Gasteiger partial charge in [0.05, 0.1) is 10.2 Å². The average molecular weight is 362 g/mol. The molecule has 0 spiro atoms. The van der Waals surface area contributed by atoms with Crippen LogP contribution in [0, 0.1) is 0 Å². The molecule has 2 nitrogen and oxygen atoms in total. The van der Waals surface area contributed by atoms with Crippen LogP contribution < -0.4 is 5.73 Å². The summed E-state index contributed by atoms with van der Waals surface area (Å²) in [5, 5.41) is 3.03. The van der Waals surface area contributed by atoms with E-state index in [1.807, 2.05) is 12.1 Å². The predicted molar refractivity (Wildman–Crippen MR) is 82.2 cm³/mol. The van der Waals surface area contributed by atoms with Gasteiger partial charge in [-0.3, -0.25) is 0 Å². The Bertz CT molecular complexity index is 621. The second-order valence-electron chi connectivity index (χ2n) is 3.19. The molecule has 1 heterocycles. The van der Waals surface area contributed by atoms with E-state index in [2.05, 4.69) is 29.2 Å². The highest BCUT2D eigenvalue weighted by Crippen LogP contribution is 2.29. The molecule has 0 fully saturated rings. The monoisotopic (exact) mass is 360 g/mol. The van der Waals surface area contributed by atoms with Gasteiger partial charge in [-0.2, -0.15) is 0 Å². The zero-order chi connectivity index (χ0) is 9.54. The Morgan fingerprint density at radius 3 is 2.56 bits per heavy atom. The molecule has 0 unspecified atom stereocenters. The van der Waals surface area contributed by atoms with Crippen molar-refractivity contribution in [1.29, 1.82) is 0 Å². The van der Waals surface area contributed by atoms with Crippen LogP contribution in [0.15, 0.2) is 36.4 Å². The summed E-state index contributed by atoms with van der Waals surface area (Å²) in [4.78, 5) is 4.34. The quantitative estimate of drug-likeness (QED) is 0.652. The number of nitrogens with zero attached hydrogens (tertiary/aromatic N) is 1. The number of thiazole rings is 1. The number of benzene rings is 2. The molecule has 0 atom stereocenters. The highest BCUT2D eigenvalue weighted by atomic mass is 79.9. The lowest BCUT2D eigenvalue weighted by Gasteiger charge is -1.96. The van der Waals surface area contributed by atoms with Gasteiger partial charge in [-0.05, 0) is 11.5 Å². The zero-order valence-corrected chi connectivity index (χ0v) is 12.5. The van der Waals surface area contributed by atoms with E-state index in [9.17, 15) is 0 Å². The van der Waals surface area contributed by atoms with E-state index < -0.39 is 0 Å². The van der Waals surface area contributed by atoms with E-state index >= 15 is 0 Å². The lowest BCUT2D eigenvalue weighted by molar-refractivity contribution is 1.51. The molecule has 0 saturated carbocycles. The second kappa shape index (κ2) is 5.12. The molecule has 0 bridgehead atoms. The number of hydrogen-bond acceptors (Lipinski definition) is 3. The Hall–Kier alpha value is -0.650. The Morgan fingerprint density at radius 1 is 1.00 bits per heavy atom. The topological polar surface area (TPSA) is 38.9 Å². The van der Waals surface area contributed by atoms with Gasteiger partial charge in [0.15, 0.2) is 5.13 Å². The highest BCUT2D eigenvalue weighted by Gasteiger charge is 2.04. The van der Waals surface area contributed by atoms with Crippen molar-refractivity contribution in [2.45, 2.75) is 0 Å². The third-order valence-corrected chi connectivity index (χ3v) is 3.15. The maximum Gasteiger partial charge on any atom is 0.181 e. The van der Waals surface area contributed by atoms with Crippen LogP contribution in [0.2, 0.25) is 0 Å². The van der Waals surface area contributed by atoms with Crippen LogP contribution in [0.4, 0.5) is 5.13 Å². The second-order valence-corrected chi connectivity index (χ2v) is 4.25. The van der Waals surface area contributed by atoms with E-state index in [0.717, 1.165) is 10.2 Å². The van der Waals surface area contributed by atoms with Crippen LogP contribution in [-0.4, -0.2) is 4.98 Å². The fourth-order valence-corrected chi connectivity index (χ4v) is 2.43. The number of hydrogen-bond donors (Lipinski definition) is 1. The minimum atomic E-state index is 0. The van der Waals surface area contributed by atoms with Crippen molar-refractivity contribution >= 4 is 71.4 Å². The summed E-state index contributed by atoms with van der Waals surface area (Å²) < 4.78 is 1.15. The molecule has 3 rings (SSSR count). The van der Waals surface area contributed by atoms with Gasteiger partial charge in [0.25, 0.3) is 0 Å². The first-order chi connectivity index (χ1) is 6.84. The van der Waals surface area contributed by atoms with E-state index in [-0.39, 0.29) is 34.0 Å². The first-order valence-corrected chi connectivity index (χ1v) is 5.20. The molecule has 84 valence electrons. The molecule has 3 aromatic rings. The van der Waals surface area contributed by atoms with Crippen molar-refractivity contribution in [3.63, 3.8) is 0 Å². The predicted octanol–water partition coefficient (Wildman–Crippen LogP) is 4.19. The summed E-state index contributed by atoms with van der Waals surface area (Å²) in [6, 6.07) is 12.4. The van der Waals surface area contributed by atoms with Gasteiger partial charge in [-0.15, -0.1) is 34.0 Å². The van der Waals surface area contributed by atoms with Gasteiger partial charge in [0.1, 0.15) is 0 Å². The number of nitrogen functional groups attached to an aromatic ring is 1. The van der Waals surface area contributed by atoms with Gasteiger partial charge < -0.3 is 5.73 Å². The molecule has 0 aliphatic carbocycles. The molecule has 0 aliphatic heterocycles. The van der Waals surface area contributed by atoms with Crippen LogP contribution in [0.25, 0.3) is 21.0 Å². The summed E-state index contributed by atoms with van der Waals surface area (Å²) in [6.07, 6.45) is 0. The maximum absolute atomic E-state index is 5.69. The van der Waals surface area contributed by atoms with Gasteiger partial charge >= 0.3 is 0 Å². The summed E-state index contributed by atoms with van der Waals surface area (Å²) >= 11 is 1.53. The fraction of sp³-hybridized carbons (Fsp3) is 0. The Morgan fingerprint density at radius 2 is 1.75 bits per heavy atom. The minimum absolute atomic E-state index is 0. The van der Waals surface area contributed by atoms with Crippen LogP contribution in [0.1, 0.15) is 0 Å². The Labute approximate surface area is 118 Å². The molecule has 0 aliphatic rings. The molecular weight excluding hydrogens is 352 g/mol. The molecule has 1 aromatic heterocycles. The normalized spacial score (nSPS) is 9.75. The number of aromatic nitrogens is 1. The Kier molecular flexibility index (Phi) is 4.29. The summed E-state index contributed by atoms with van der Waals surface area (Å²) in [5.74, 6) is 0. The van der Waals surface area contributed by atoms with Crippen molar-refractivity contribution in [2.24, 2.45) is 0 Å². The molecule has 16 heavy (non-hydrogen) atoms. The smallest absolute Gasteiger partial charge is 0.181 e. The van der Waals surface area contributed by atoms with E-state index in [4.69, 9.17) is 5.73 Å². The number of anilines is 1. The number of halogens is 2. The van der Waals surface area contributed by atoms with Crippen LogP contribution in [0.5, 0.6) is 0 Å². The van der Waals surface area contributed by atoms with Crippen molar-refractivity contribution in [1.82, 2.24) is 4.98 Å². The molecule has 5 heteroatoms. The third-order valence-electron chi connectivity index (χ3n) is 2.30. The summed E-state index contributed by atoms with van der Waals surface area (Å²) in [6.45, 7) is 0. The molecule has 0 saturated heterocycles.